The van der Waals surface area contributed by atoms with E-state index in [4.69, 9.17) is 12.2 Å². The molecule has 3 aliphatic rings. The highest BCUT2D eigenvalue weighted by atomic mass is 32.1. The van der Waals surface area contributed by atoms with Crippen molar-refractivity contribution in [1.82, 2.24) is 10.2 Å². The number of hydrogen-bond donors (Lipinski definition) is 2. The van der Waals surface area contributed by atoms with Crippen LogP contribution in [0.3, 0.4) is 0 Å². The van der Waals surface area contributed by atoms with Crippen molar-refractivity contribution >= 4 is 23.0 Å². The second kappa shape index (κ2) is 8.26. The minimum Gasteiger partial charge on any atom is -0.360 e. The van der Waals surface area contributed by atoms with Gasteiger partial charge in [0.15, 0.2) is 5.11 Å². The highest BCUT2D eigenvalue weighted by Crippen LogP contribution is 2.39. The van der Waals surface area contributed by atoms with Gasteiger partial charge in [0.25, 0.3) is 0 Å². The molecule has 2 N–H and O–H groups in total. The van der Waals surface area contributed by atoms with Crippen LogP contribution in [0, 0.1) is 6.92 Å². The van der Waals surface area contributed by atoms with Gasteiger partial charge in [0, 0.05) is 29.9 Å². The summed E-state index contributed by atoms with van der Waals surface area (Å²) in [5.74, 6) is 0. The highest BCUT2D eigenvalue weighted by Gasteiger charge is 2.41. The minimum absolute atomic E-state index is 0.522. The number of piperidine rings is 2. The van der Waals surface area contributed by atoms with Crippen LogP contribution >= 0.6 is 12.2 Å². The molecular weight excluding hydrogens is 338 g/mol. The Balaban J connectivity index is 1.36. The van der Waals surface area contributed by atoms with Gasteiger partial charge >= 0.3 is 0 Å². The summed E-state index contributed by atoms with van der Waals surface area (Å²) in [6.07, 6.45) is 13.9. The average Bonchev–Trinajstić information content (AvgIpc) is 2.63. The van der Waals surface area contributed by atoms with E-state index in [0.717, 1.165) is 28.9 Å². The van der Waals surface area contributed by atoms with Gasteiger partial charge in [0.05, 0.1) is 0 Å². The number of fused-ring (bicyclic) bond motifs is 2. The molecule has 2 heterocycles. The molecule has 142 valence electrons. The predicted molar refractivity (Wildman–Crippen MR) is 114 cm³/mol. The molecule has 2 bridgehead atoms. The topological polar surface area (TPSA) is 27.3 Å². The van der Waals surface area contributed by atoms with E-state index < -0.39 is 0 Å². The van der Waals surface area contributed by atoms with Gasteiger partial charge in [-0.05, 0) is 69.3 Å². The summed E-state index contributed by atoms with van der Waals surface area (Å²) >= 11 is 5.63. The fraction of sp³-hybridized carbons (Fsp3) is 0.682. The molecule has 3 fully saturated rings. The molecular formula is C22H33N3S. The summed E-state index contributed by atoms with van der Waals surface area (Å²) in [7, 11) is 0. The molecule has 2 saturated heterocycles. The summed E-state index contributed by atoms with van der Waals surface area (Å²) in [5, 5.41) is 7.83. The van der Waals surface area contributed by atoms with E-state index in [1.54, 1.807) is 0 Å². The van der Waals surface area contributed by atoms with Crippen molar-refractivity contribution in [3.05, 3.63) is 29.8 Å². The number of aryl methyl sites for hydroxylation is 1. The van der Waals surface area contributed by atoms with Gasteiger partial charge in [-0.1, -0.05) is 43.9 Å². The normalized spacial score (nSPS) is 30.0. The summed E-state index contributed by atoms with van der Waals surface area (Å²) in [5.41, 5.74) is 2.35. The molecule has 0 radical (unpaired) electrons. The predicted octanol–water partition coefficient (Wildman–Crippen LogP) is 5.00. The summed E-state index contributed by atoms with van der Waals surface area (Å²) < 4.78 is 0. The number of nitrogens with zero attached hydrogens (tertiary/aromatic N) is 1. The maximum Gasteiger partial charge on any atom is 0.171 e. The molecule has 4 rings (SSSR count). The molecule has 2 atom stereocenters. The van der Waals surface area contributed by atoms with Gasteiger partial charge in [-0.15, -0.1) is 0 Å². The lowest BCUT2D eigenvalue weighted by molar-refractivity contribution is -0.0195. The van der Waals surface area contributed by atoms with E-state index >= 15 is 0 Å². The van der Waals surface area contributed by atoms with Gasteiger partial charge in [0.1, 0.15) is 0 Å². The molecule has 1 aromatic rings. The first-order valence-electron chi connectivity index (χ1n) is 10.6. The van der Waals surface area contributed by atoms with Crippen LogP contribution in [0.1, 0.15) is 69.8 Å². The lowest BCUT2D eigenvalue weighted by Gasteiger charge is -2.53. The number of thiocarbonyl (C=S) groups is 1. The van der Waals surface area contributed by atoms with Crippen molar-refractivity contribution in [3.63, 3.8) is 0 Å². The molecule has 4 heteroatoms. The second-order valence-electron chi connectivity index (χ2n) is 8.56. The molecule has 1 aliphatic carbocycles. The number of nitrogens with one attached hydrogen (secondary N) is 2. The van der Waals surface area contributed by atoms with E-state index in [2.05, 4.69) is 46.7 Å². The van der Waals surface area contributed by atoms with Crippen LogP contribution in [-0.2, 0) is 0 Å². The SMILES string of the molecule is Cc1ccccc1NC(=S)NC1CC2CCCC(C1)N2C1CCCCC1. The number of anilines is 1. The Morgan fingerprint density at radius 3 is 2.27 bits per heavy atom. The lowest BCUT2D eigenvalue weighted by Crippen LogP contribution is -2.60. The van der Waals surface area contributed by atoms with Crippen LogP contribution < -0.4 is 10.6 Å². The zero-order valence-electron chi connectivity index (χ0n) is 16.0. The summed E-state index contributed by atoms with van der Waals surface area (Å²) in [6.45, 7) is 2.12. The first-order chi connectivity index (χ1) is 12.7. The summed E-state index contributed by atoms with van der Waals surface area (Å²) in [6, 6.07) is 11.3. The van der Waals surface area contributed by atoms with Crippen molar-refractivity contribution in [3.8, 4) is 0 Å². The van der Waals surface area contributed by atoms with Crippen molar-refractivity contribution < 1.29 is 0 Å². The fourth-order valence-corrected chi connectivity index (χ4v) is 5.84. The smallest absolute Gasteiger partial charge is 0.171 e. The Kier molecular flexibility index (Phi) is 5.80. The summed E-state index contributed by atoms with van der Waals surface area (Å²) in [4.78, 5) is 2.94. The maximum atomic E-state index is 5.63. The van der Waals surface area contributed by atoms with Crippen LogP contribution in [0.15, 0.2) is 24.3 Å². The number of para-hydroxylation sites is 1. The van der Waals surface area contributed by atoms with Crippen LogP contribution in [0.4, 0.5) is 5.69 Å². The lowest BCUT2D eigenvalue weighted by atomic mass is 9.78. The molecule has 2 aliphatic heterocycles. The third-order valence-electron chi connectivity index (χ3n) is 6.76. The number of rotatable bonds is 3. The van der Waals surface area contributed by atoms with Crippen LogP contribution in [-0.4, -0.2) is 34.2 Å². The highest BCUT2D eigenvalue weighted by molar-refractivity contribution is 7.80. The quantitative estimate of drug-likeness (QED) is 0.731. The van der Waals surface area contributed by atoms with E-state index in [9.17, 15) is 0 Å². The second-order valence-corrected chi connectivity index (χ2v) is 8.97. The third kappa shape index (κ3) is 4.07. The van der Waals surface area contributed by atoms with Crippen molar-refractivity contribution in [2.24, 2.45) is 0 Å². The monoisotopic (exact) mass is 371 g/mol. The van der Waals surface area contributed by atoms with Gasteiger partial charge in [-0.25, -0.2) is 0 Å². The Bertz CT molecular complexity index is 612. The molecule has 0 aromatic heterocycles. The van der Waals surface area contributed by atoms with E-state index in [0.29, 0.717) is 6.04 Å². The largest absolute Gasteiger partial charge is 0.360 e. The van der Waals surface area contributed by atoms with E-state index in [1.807, 2.05) is 0 Å². The van der Waals surface area contributed by atoms with Gasteiger partial charge < -0.3 is 10.6 Å². The van der Waals surface area contributed by atoms with E-state index in [-0.39, 0.29) is 0 Å². The van der Waals surface area contributed by atoms with Crippen LogP contribution in [0.2, 0.25) is 0 Å². The standard InChI is InChI=1S/C22H33N3S/c1-16-8-5-6-13-21(16)24-22(26)23-17-14-19-11-7-12-20(15-17)25(19)18-9-3-2-4-10-18/h5-6,8,13,17-20H,2-4,7,9-12,14-15H2,1H3,(H2,23,24,26). The Morgan fingerprint density at radius 2 is 1.58 bits per heavy atom. The van der Waals surface area contributed by atoms with Crippen molar-refractivity contribution in [2.75, 3.05) is 5.32 Å². The zero-order valence-corrected chi connectivity index (χ0v) is 16.9. The van der Waals surface area contributed by atoms with Crippen molar-refractivity contribution in [1.29, 1.82) is 0 Å². The Hall–Kier alpha value is -1.13. The molecule has 2 unspecified atom stereocenters. The third-order valence-corrected chi connectivity index (χ3v) is 6.98. The molecule has 26 heavy (non-hydrogen) atoms. The first-order valence-corrected chi connectivity index (χ1v) is 11.0. The molecule has 3 nitrogen and oxygen atoms in total. The number of hydrogen-bond acceptors (Lipinski definition) is 2. The Labute approximate surface area is 163 Å². The average molecular weight is 372 g/mol. The molecule has 1 aromatic carbocycles. The Morgan fingerprint density at radius 1 is 0.923 bits per heavy atom. The van der Waals surface area contributed by atoms with Crippen molar-refractivity contribution in [2.45, 2.75) is 95.3 Å². The van der Waals surface area contributed by atoms with Crippen LogP contribution in [0.25, 0.3) is 0 Å². The molecule has 1 saturated carbocycles. The maximum absolute atomic E-state index is 5.63. The zero-order chi connectivity index (χ0) is 17.9. The van der Waals surface area contributed by atoms with Crippen LogP contribution in [0.5, 0.6) is 0 Å². The first kappa shape index (κ1) is 18.2. The molecule has 0 spiro atoms. The van der Waals surface area contributed by atoms with E-state index in [1.165, 1.54) is 69.8 Å². The number of benzene rings is 1. The van der Waals surface area contributed by atoms with Gasteiger partial charge in [-0.2, -0.15) is 0 Å². The minimum atomic E-state index is 0.522. The van der Waals surface area contributed by atoms with Gasteiger partial charge in [0.2, 0.25) is 0 Å². The fourth-order valence-electron chi connectivity index (χ4n) is 5.57. The molecule has 0 amide bonds. The van der Waals surface area contributed by atoms with Gasteiger partial charge in [-0.3, -0.25) is 4.90 Å².